The molecule has 1 saturated carbocycles. The summed E-state index contributed by atoms with van der Waals surface area (Å²) in [5, 5.41) is 0. The van der Waals surface area contributed by atoms with Gasteiger partial charge in [0, 0.05) is 0 Å². The maximum atomic E-state index is 5.43. The zero-order valence-corrected chi connectivity index (χ0v) is 7.38. The Labute approximate surface area is 69.4 Å². The van der Waals surface area contributed by atoms with Crippen molar-refractivity contribution in [2.45, 2.75) is 45.1 Å². The molecule has 1 fully saturated rings. The fourth-order valence-electron chi connectivity index (χ4n) is 2.01. The van der Waals surface area contributed by atoms with Gasteiger partial charge in [-0.15, -0.1) is 0 Å². The highest BCUT2D eigenvalue weighted by atomic mass is 16.5. The first-order valence-corrected chi connectivity index (χ1v) is 4.64. The lowest BCUT2D eigenvalue weighted by Gasteiger charge is -2.17. The highest BCUT2D eigenvalue weighted by Crippen LogP contribution is 2.31. The van der Waals surface area contributed by atoms with Crippen molar-refractivity contribution in [3.63, 3.8) is 0 Å². The maximum absolute atomic E-state index is 5.43. The lowest BCUT2D eigenvalue weighted by Crippen LogP contribution is -2.15. The topological polar surface area (TPSA) is 9.23 Å². The highest BCUT2D eigenvalue weighted by molar-refractivity contribution is 4.79. The van der Waals surface area contributed by atoms with Gasteiger partial charge in [-0.05, 0) is 31.6 Å². The third kappa shape index (κ3) is 2.25. The monoisotopic (exact) mass is 154 g/mol. The van der Waals surface area contributed by atoms with Crippen LogP contribution >= 0.6 is 0 Å². The van der Waals surface area contributed by atoms with Crippen LogP contribution < -0.4 is 0 Å². The van der Waals surface area contributed by atoms with Crippen molar-refractivity contribution < 1.29 is 4.74 Å². The molecular formula is C10H18O. The van der Waals surface area contributed by atoms with Crippen molar-refractivity contribution in [1.82, 2.24) is 0 Å². The Morgan fingerprint density at radius 3 is 3.00 bits per heavy atom. The van der Waals surface area contributed by atoms with Gasteiger partial charge in [0.2, 0.25) is 0 Å². The highest BCUT2D eigenvalue weighted by Gasteiger charge is 2.26. The molecule has 0 bridgehead atoms. The van der Waals surface area contributed by atoms with Crippen LogP contribution in [-0.4, -0.2) is 6.10 Å². The summed E-state index contributed by atoms with van der Waals surface area (Å²) in [6.45, 7) is 5.84. The van der Waals surface area contributed by atoms with Crippen molar-refractivity contribution in [1.29, 1.82) is 0 Å². The van der Waals surface area contributed by atoms with Crippen LogP contribution in [0, 0.1) is 5.92 Å². The van der Waals surface area contributed by atoms with Gasteiger partial charge >= 0.3 is 0 Å². The number of rotatable bonds is 4. The number of hydrogen-bond donors (Lipinski definition) is 0. The summed E-state index contributed by atoms with van der Waals surface area (Å²) < 4.78 is 5.43. The van der Waals surface area contributed by atoms with Crippen LogP contribution in [0.25, 0.3) is 0 Å². The van der Waals surface area contributed by atoms with Crippen molar-refractivity contribution in [3.05, 3.63) is 12.8 Å². The molecule has 1 heteroatoms. The molecule has 1 aliphatic rings. The second-order valence-corrected chi connectivity index (χ2v) is 3.32. The van der Waals surface area contributed by atoms with Crippen LogP contribution in [0.4, 0.5) is 0 Å². The molecule has 2 atom stereocenters. The van der Waals surface area contributed by atoms with Crippen molar-refractivity contribution in [2.24, 2.45) is 5.92 Å². The SMILES string of the molecule is C=COC1CCCC1CCC. The second kappa shape index (κ2) is 4.42. The standard InChI is InChI=1S/C10H18O/c1-3-6-9-7-5-8-10(9)11-4-2/h4,9-10H,2-3,5-8H2,1H3. The van der Waals surface area contributed by atoms with E-state index < -0.39 is 0 Å². The molecule has 1 aliphatic carbocycles. The van der Waals surface area contributed by atoms with Crippen molar-refractivity contribution >= 4 is 0 Å². The second-order valence-electron chi connectivity index (χ2n) is 3.32. The molecule has 0 saturated heterocycles. The van der Waals surface area contributed by atoms with Gasteiger partial charge in [0.25, 0.3) is 0 Å². The van der Waals surface area contributed by atoms with E-state index in [0.717, 1.165) is 5.92 Å². The molecule has 0 aromatic heterocycles. The molecule has 0 spiro atoms. The molecule has 0 heterocycles. The minimum Gasteiger partial charge on any atom is -0.498 e. The summed E-state index contributed by atoms with van der Waals surface area (Å²) in [7, 11) is 0. The van der Waals surface area contributed by atoms with Crippen LogP contribution in [0.1, 0.15) is 39.0 Å². The summed E-state index contributed by atoms with van der Waals surface area (Å²) in [5.41, 5.74) is 0. The number of ether oxygens (including phenoxy) is 1. The molecule has 0 N–H and O–H groups in total. The van der Waals surface area contributed by atoms with Gasteiger partial charge in [0.15, 0.2) is 0 Å². The predicted molar refractivity (Wildman–Crippen MR) is 47.3 cm³/mol. The molecule has 11 heavy (non-hydrogen) atoms. The normalized spacial score (nSPS) is 30.3. The first-order chi connectivity index (χ1) is 5.38. The molecule has 0 aromatic rings. The van der Waals surface area contributed by atoms with Crippen molar-refractivity contribution in [3.8, 4) is 0 Å². The van der Waals surface area contributed by atoms with E-state index in [1.165, 1.54) is 32.1 Å². The molecule has 0 aromatic carbocycles. The van der Waals surface area contributed by atoms with E-state index in [1.807, 2.05) is 0 Å². The van der Waals surface area contributed by atoms with E-state index in [0.29, 0.717) is 6.10 Å². The molecule has 1 rings (SSSR count). The Balaban J connectivity index is 2.31. The summed E-state index contributed by atoms with van der Waals surface area (Å²) >= 11 is 0. The third-order valence-electron chi connectivity index (χ3n) is 2.52. The van der Waals surface area contributed by atoms with E-state index in [4.69, 9.17) is 4.74 Å². The Hall–Kier alpha value is -0.460. The first-order valence-electron chi connectivity index (χ1n) is 4.64. The minimum atomic E-state index is 0.479. The lowest BCUT2D eigenvalue weighted by molar-refractivity contribution is 0.104. The Morgan fingerprint density at radius 2 is 2.36 bits per heavy atom. The summed E-state index contributed by atoms with van der Waals surface area (Å²) in [6, 6.07) is 0. The van der Waals surface area contributed by atoms with Gasteiger partial charge in [-0.3, -0.25) is 0 Å². The van der Waals surface area contributed by atoms with E-state index in [1.54, 1.807) is 6.26 Å². The fourth-order valence-corrected chi connectivity index (χ4v) is 2.01. The Morgan fingerprint density at radius 1 is 1.55 bits per heavy atom. The molecule has 64 valence electrons. The lowest BCUT2D eigenvalue weighted by atomic mass is 10.0. The summed E-state index contributed by atoms with van der Waals surface area (Å²) in [6.07, 6.45) is 8.60. The Bertz CT molecular complexity index is 120. The quantitative estimate of drug-likeness (QED) is 0.565. The van der Waals surface area contributed by atoms with Crippen LogP contribution in [-0.2, 0) is 4.74 Å². The molecule has 0 radical (unpaired) electrons. The van der Waals surface area contributed by atoms with Crippen LogP contribution in [0.3, 0.4) is 0 Å². The van der Waals surface area contributed by atoms with Crippen LogP contribution in [0.15, 0.2) is 12.8 Å². The Kier molecular flexibility index (Phi) is 3.47. The zero-order valence-electron chi connectivity index (χ0n) is 7.38. The van der Waals surface area contributed by atoms with Crippen LogP contribution in [0.2, 0.25) is 0 Å². The van der Waals surface area contributed by atoms with E-state index in [-0.39, 0.29) is 0 Å². The average Bonchev–Trinajstić information content (AvgIpc) is 2.39. The largest absolute Gasteiger partial charge is 0.498 e. The number of hydrogen-bond acceptors (Lipinski definition) is 1. The third-order valence-corrected chi connectivity index (χ3v) is 2.52. The van der Waals surface area contributed by atoms with E-state index in [9.17, 15) is 0 Å². The molecule has 2 unspecified atom stereocenters. The van der Waals surface area contributed by atoms with Gasteiger partial charge in [-0.2, -0.15) is 0 Å². The molecule has 1 nitrogen and oxygen atoms in total. The summed E-state index contributed by atoms with van der Waals surface area (Å²) in [5.74, 6) is 0.804. The average molecular weight is 154 g/mol. The van der Waals surface area contributed by atoms with Gasteiger partial charge in [-0.25, -0.2) is 0 Å². The van der Waals surface area contributed by atoms with Gasteiger partial charge in [-0.1, -0.05) is 19.9 Å². The van der Waals surface area contributed by atoms with Crippen molar-refractivity contribution in [2.75, 3.05) is 0 Å². The van der Waals surface area contributed by atoms with E-state index >= 15 is 0 Å². The molecule has 0 aliphatic heterocycles. The smallest absolute Gasteiger partial charge is 0.101 e. The van der Waals surface area contributed by atoms with Gasteiger partial charge in [0.1, 0.15) is 6.10 Å². The van der Waals surface area contributed by atoms with Crippen LogP contribution in [0.5, 0.6) is 0 Å². The predicted octanol–water partition coefficient (Wildman–Crippen LogP) is 3.12. The minimum absolute atomic E-state index is 0.479. The maximum Gasteiger partial charge on any atom is 0.101 e. The first kappa shape index (κ1) is 8.63. The van der Waals surface area contributed by atoms with Gasteiger partial charge in [0.05, 0.1) is 6.26 Å². The van der Waals surface area contributed by atoms with Gasteiger partial charge < -0.3 is 4.74 Å². The van der Waals surface area contributed by atoms with E-state index in [2.05, 4.69) is 13.5 Å². The zero-order chi connectivity index (χ0) is 8.10. The molecular weight excluding hydrogens is 136 g/mol. The summed E-state index contributed by atoms with van der Waals surface area (Å²) in [4.78, 5) is 0. The molecule has 0 amide bonds. The fraction of sp³-hybridized carbons (Fsp3) is 0.800.